The van der Waals surface area contributed by atoms with Gasteiger partial charge in [-0.15, -0.1) is 13.2 Å². The van der Waals surface area contributed by atoms with Crippen molar-refractivity contribution >= 4 is 0 Å². The van der Waals surface area contributed by atoms with E-state index in [-0.39, 0.29) is 6.61 Å². The molecule has 0 heterocycles. The molecule has 0 aromatic heterocycles. The molecule has 0 fully saturated rings. The third-order valence-corrected chi connectivity index (χ3v) is 0.0707. The van der Waals surface area contributed by atoms with Crippen LogP contribution in [0.15, 0.2) is 13.2 Å². The van der Waals surface area contributed by atoms with Gasteiger partial charge < -0.3 is 5.11 Å². The van der Waals surface area contributed by atoms with Crippen molar-refractivity contribution in [3.05, 3.63) is 13.2 Å². The summed E-state index contributed by atoms with van der Waals surface area (Å²) in [4.78, 5) is 0. The molecular formula is C4H7NO. The minimum atomic E-state index is -0.375. The summed E-state index contributed by atoms with van der Waals surface area (Å²) in [6.07, 6.45) is 0. The van der Waals surface area contributed by atoms with Crippen molar-refractivity contribution in [3.63, 3.8) is 0 Å². The Bertz CT molecular complexity index is 46.0. The van der Waals surface area contributed by atoms with Crippen molar-refractivity contribution in [1.29, 1.82) is 5.26 Å². The predicted octanol–water partition coefficient (Wildman–Crippen LogP) is 0.304. The lowest BCUT2D eigenvalue weighted by atomic mass is 10.9. The second kappa shape index (κ2) is 30.1. The van der Waals surface area contributed by atoms with Crippen molar-refractivity contribution in [2.45, 2.75) is 0 Å². The van der Waals surface area contributed by atoms with E-state index in [2.05, 4.69) is 13.2 Å². The van der Waals surface area contributed by atoms with Crippen LogP contribution >= 0.6 is 0 Å². The van der Waals surface area contributed by atoms with Crippen molar-refractivity contribution in [3.8, 4) is 6.07 Å². The van der Waals surface area contributed by atoms with Crippen LogP contribution in [-0.4, -0.2) is 11.7 Å². The van der Waals surface area contributed by atoms with Gasteiger partial charge >= 0.3 is 0 Å². The Morgan fingerprint density at radius 2 is 1.83 bits per heavy atom. The lowest BCUT2D eigenvalue weighted by molar-refractivity contribution is 0.348. The Morgan fingerprint density at radius 3 is 1.83 bits per heavy atom. The first-order chi connectivity index (χ1) is 2.91. The highest BCUT2D eigenvalue weighted by atomic mass is 16.2. The van der Waals surface area contributed by atoms with Gasteiger partial charge in [-0.05, 0) is 0 Å². The maximum Gasteiger partial charge on any atom is 0.130 e. The van der Waals surface area contributed by atoms with Gasteiger partial charge in [0.2, 0.25) is 0 Å². The molecule has 0 atom stereocenters. The van der Waals surface area contributed by atoms with Gasteiger partial charge in [0, 0.05) is 0 Å². The molecule has 0 spiro atoms. The van der Waals surface area contributed by atoms with Crippen LogP contribution in [-0.2, 0) is 0 Å². The van der Waals surface area contributed by atoms with Crippen molar-refractivity contribution in [2.75, 3.05) is 6.61 Å². The van der Waals surface area contributed by atoms with Crippen LogP contribution < -0.4 is 0 Å². The van der Waals surface area contributed by atoms with E-state index in [0.717, 1.165) is 0 Å². The fraction of sp³-hybridized carbons (Fsp3) is 0.250. The van der Waals surface area contributed by atoms with E-state index in [9.17, 15) is 0 Å². The Balaban J connectivity index is 0. The lowest BCUT2D eigenvalue weighted by Crippen LogP contribution is -1.64. The molecule has 34 valence electrons. The van der Waals surface area contributed by atoms with Crippen molar-refractivity contribution in [2.24, 2.45) is 0 Å². The highest BCUT2D eigenvalue weighted by Gasteiger charge is 1.49. The zero-order valence-electron chi connectivity index (χ0n) is 3.52. The average molecular weight is 85.1 g/mol. The fourth-order valence-corrected chi connectivity index (χ4v) is 0. The summed E-state index contributed by atoms with van der Waals surface area (Å²) in [7, 11) is 0. The first-order valence-electron chi connectivity index (χ1n) is 1.39. The topological polar surface area (TPSA) is 44.0 Å². The van der Waals surface area contributed by atoms with Gasteiger partial charge in [0.25, 0.3) is 0 Å². The molecule has 0 saturated heterocycles. The van der Waals surface area contributed by atoms with E-state index in [1.165, 1.54) is 6.07 Å². The Morgan fingerprint density at radius 1 is 1.67 bits per heavy atom. The molecule has 1 N–H and O–H groups in total. The molecular weight excluding hydrogens is 78.0 g/mol. The highest BCUT2D eigenvalue weighted by Crippen LogP contribution is 1.34. The molecule has 0 radical (unpaired) electrons. The number of hydrogen-bond acceptors (Lipinski definition) is 2. The first kappa shape index (κ1) is 8.95. The molecule has 0 aliphatic rings. The molecule has 2 heteroatoms. The second-order valence-electron chi connectivity index (χ2n) is 0.316. The molecule has 0 amide bonds. The fourth-order valence-electron chi connectivity index (χ4n) is 0. The minimum Gasteiger partial charge on any atom is -0.381 e. The number of nitriles is 1. The van der Waals surface area contributed by atoms with Crippen LogP contribution in [0.25, 0.3) is 0 Å². The predicted molar refractivity (Wildman–Crippen MR) is 24.0 cm³/mol. The molecule has 0 aromatic carbocycles. The first-order valence-corrected chi connectivity index (χ1v) is 1.39. The number of nitrogens with zero attached hydrogens (tertiary/aromatic N) is 1. The number of rotatable bonds is 0. The number of aliphatic hydroxyl groups excluding tert-OH is 1. The molecule has 0 saturated carbocycles. The zero-order valence-corrected chi connectivity index (χ0v) is 3.52. The summed E-state index contributed by atoms with van der Waals surface area (Å²) in [6, 6.07) is 1.49. The highest BCUT2D eigenvalue weighted by molar-refractivity contribution is 4.63. The standard InChI is InChI=1S/C2H3NO.C2H4/c3-1-2-4;1-2/h4H,2H2;1-2H2. The Labute approximate surface area is 37.3 Å². The third kappa shape index (κ3) is 424. The molecule has 0 rings (SSSR count). The maximum absolute atomic E-state index is 7.51. The van der Waals surface area contributed by atoms with Crippen LogP contribution in [0.5, 0.6) is 0 Å². The zero-order chi connectivity index (χ0) is 5.41. The van der Waals surface area contributed by atoms with E-state index in [0.29, 0.717) is 0 Å². The smallest absolute Gasteiger partial charge is 0.130 e. The van der Waals surface area contributed by atoms with E-state index in [4.69, 9.17) is 10.4 Å². The van der Waals surface area contributed by atoms with Crippen LogP contribution in [0.1, 0.15) is 0 Å². The van der Waals surface area contributed by atoms with Gasteiger partial charge in [0.1, 0.15) is 6.61 Å². The van der Waals surface area contributed by atoms with Gasteiger partial charge in [-0.3, -0.25) is 0 Å². The third-order valence-electron chi connectivity index (χ3n) is 0.0707. The Kier molecular flexibility index (Phi) is 44.9. The summed E-state index contributed by atoms with van der Waals surface area (Å²) in [5.74, 6) is 0. The summed E-state index contributed by atoms with van der Waals surface area (Å²) in [5, 5.41) is 14.9. The molecule has 0 aromatic rings. The second-order valence-corrected chi connectivity index (χ2v) is 0.316. The molecule has 0 aliphatic heterocycles. The van der Waals surface area contributed by atoms with Gasteiger partial charge in [0.15, 0.2) is 0 Å². The van der Waals surface area contributed by atoms with Gasteiger partial charge in [-0.2, -0.15) is 5.26 Å². The lowest BCUT2D eigenvalue weighted by Gasteiger charge is -1.50. The van der Waals surface area contributed by atoms with E-state index in [1.54, 1.807) is 0 Å². The van der Waals surface area contributed by atoms with Crippen LogP contribution in [0.4, 0.5) is 0 Å². The van der Waals surface area contributed by atoms with Gasteiger partial charge in [-0.1, -0.05) is 0 Å². The molecule has 0 unspecified atom stereocenters. The molecule has 0 aliphatic carbocycles. The molecule has 0 bridgehead atoms. The summed E-state index contributed by atoms with van der Waals surface area (Å²) >= 11 is 0. The van der Waals surface area contributed by atoms with Gasteiger partial charge in [-0.25, -0.2) is 0 Å². The molecule has 2 nitrogen and oxygen atoms in total. The van der Waals surface area contributed by atoms with E-state index < -0.39 is 0 Å². The van der Waals surface area contributed by atoms with Crippen LogP contribution in [0.3, 0.4) is 0 Å². The number of hydrogen-bond donors (Lipinski definition) is 1. The SMILES string of the molecule is C=C.N#CCO. The maximum atomic E-state index is 7.51. The Hall–Kier alpha value is -0.810. The van der Waals surface area contributed by atoms with Crippen molar-refractivity contribution in [1.82, 2.24) is 0 Å². The summed E-state index contributed by atoms with van der Waals surface area (Å²) in [6.45, 7) is 5.62. The van der Waals surface area contributed by atoms with E-state index >= 15 is 0 Å². The quantitative estimate of drug-likeness (QED) is 0.339. The van der Waals surface area contributed by atoms with Crippen molar-refractivity contribution < 1.29 is 5.11 Å². The minimum absolute atomic E-state index is 0.375. The van der Waals surface area contributed by atoms with Gasteiger partial charge in [0.05, 0.1) is 6.07 Å². The van der Waals surface area contributed by atoms with Crippen LogP contribution in [0.2, 0.25) is 0 Å². The average Bonchev–Trinajstić information content (AvgIpc) is 1.72. The van der Waals surface area contributed by atoms with E-state index in [1.807, 2.05) is 0 Å². The van der Waals surface area contributed by atoms with Crippen LogP contribution in [0, 0.1) is 11.3 Å². The largest absolute Gasteiger partial charge is 0.381 e. The monoisotopic (exact) mass is 85.1 g/mol. The number of aliphatic hydroxyl groups is 1. The normalized spacial score (nSPS) is 4.00. The molecule has 6 heavy (non-hydrogen) atoms. The summed E-state index contributed by atoms with van der Waals surface area (Å²) < 4.78 is 0. The summed E-state index contributed by atoms with van der Waals surface area (Å²) in [5.41, 5.74) is 0.